The number of alkyl halides is 1. The van der Waals surface area contributed by atoms with Gasteiger partial charge in [-0.3, -0.25) is 4.79 Å². The van der Waals surface area contributed by atoms with Crippen molar-refractivity contribution in [2.24, 2.45) is 5.92 Å². The van der Waals surface area contributed by atoms with Crippen LogP contribution in [0, 0.1) is 5.92 Å². The van der Waals surface area contributed by atoms with Gasteiger partial charge in [0, 0.05) is 5.92 Å². The van der Waals surface area contributed by atoms with Crippen molar-refractivity contribution in [3.8, 4) is 0 Å². The van der Waals surface area contributed by atoms with Crippen LogP contribution in [-0.2, 0) is 9.53 Å². The molecule has 0 aromatic rings. The molecule has 0 spiro atoms. The van der Waals surface area contributed by atoms with E-state index in [1.807, 2.05) is 6.92 Å². The topological polar surface area (TPSA) is 26.3 Å². The highest BCUT2D eigenvalue weighted by atomic mass is 79.9. The Kier molecular flexibility index (Phi) is 2.86. The van der Waals surface area contributed by atoms with Crippen LogP contribution >= 0.6 is 15.9 Å². The molecule has 1 aliphatic heterocycles. The Morgan fingerprint density at radius 1 is 1.80 bits per heavy atom. The summed E-state index contributed by atoms with van der Waals surface area (Å²) in [6.45, 7) is 2.62. The van der Waals surface area contributed by atoms with E-state index in [0.29, 0.717) is 11.9 Å². The molecule has 1 rings (SSSR count). The fraction of sp³-hybridized carbons (Fsp3) is 0.857. The molecule has 0 aromatic carbocycles. The maximum Gasteiger partial charge on any atom is 0.148 e. The van der Waals surface area contributed by atoms with Crippen LogP contribution in [0.15, 0.2) is 0 Å². The van der Waals surface area contributed by atoms with Crippen molar-refractivity contribution in [1.82, 2.24) is 0 Å². The molecule has 58 valence electrons. The molecule has 0 bridgehead atoms. The van der Waals surface area contributed by atoms with Crippen molar-refractivity contribution in [3.05, 3.63) is 0 Å². The van der Waals surface area contributed by atoms with Gasteiger partial charge >= 0.3 is 0 Å². The van der Waals surface area contributed by atoms with Gasteiger partial charge in [-0.05, 0) is 13.3 Å². The van der Waals surface area contributed by atoms with E-state index in [2.05, 4.69) is 15.9 Å². The predicted octanol–water partition coefficient (Wildman–Crippen LogP) is 1.38. The highest BCUT2D eigenvalue weighted by Gasteiger charge is 2.26. The number of carbonyl (C=O) groups excluding carboxylic acids is 1. The van der Waals surface area contributed by atoms with Crippen LogP contribution in [0.3, 0.4) is 0 Å². The number of rotatable bonds is 2. The molecule has 0 aromatic heterocycles. The Labute approximate surface area is 69.1 Å². The maximum atomic E-state index is 11.0. The van der Waals surface area contributed by atoms with Crippen LogP contribution in [0.25, 0.3) is 0 Å². The highest BCUT2D eigenvalue weighted by molar-refractivity contribution is 9.09. The number of halogens is 1. The number of carbonyl (C=O) groups is 1. The van der Waals surface area contributed by atoms with Gasteiger partial charge in [0.2, 0.25) is 0 Å². The molecule has 1 fully saturated rings. The third-order valence-corrected chi connectivity index (χ3v) is 2.34. The molecule has 1 heterocycles. The second-order valence-electron chi connectivity index (χ2n) is 2.68. The molecule has 2 unspecified atom stereocenters. The minimum Gasteiger partial charge on any atom is -0.378 e. The third-order valence-electron chi connectivity index (χ3n) is 1.79. The second-order valence-corrected chi connectivity index (χ2v) is 3.24. The first-order valence-electron chi connectivity index (χ1n) is 3.44. The molecule has 0 N–H and O–H groups in total. The van der Waals surface area contributed by atoms with Crippen LogP contribution in [0.4, 0.5) is 0 Å². The monoisotopic (exact) mass is 206 g/mol. The van der Waals surface area contributed by atoms with Crippen LogP contribution < -0.4 is 0 Å². The molecule has 1 aliphatic rings. The van der Waals surface area contributed by atoms with Gasteiger partial charge in [-0.1, -0.05) is 15.9 Å². The lowest BCUT2D eigenvalue weighted by Crippen LogP contribution is -2.15. The maximum absolute atomic E-state index is 11.0. The summed E-state index contributed by atoms with van der Waals surface area (Å²) in [5.41, 5.74) is 0. The summed E-state index contributed by atoms with van der Waals surface area (Å²) in [6.07, 6.45) is 1.16. The summed E-state index contributed by atoms with van der Waals surface area (Å²) < 4.78 is 5.25. The summed E-state index contributed by atoms with van der Waals surface area (Å²) in [7, 11) is 0. The third kappa shape index (κ3) is 1.80. The molecule has 0 saturated carbocycles. The van der Waals surface area contributed by atoms with Gasteiger partial charge < -0.3 is 4.74 Å². The van der Waals surface area contributed by atoms with Crippen molar-refractivity contribution in [2.45, 2.75) is 19.4 Å². The number of Topliss-reactive ketones (excluding diaryl/α,β-unsaturated/α-hetero) is 1. The van der Waals surface area contributed by atoms with Crippen molar-refractivity contribution in [1.29, 1.82) is 0 Å². The lowest BCUT2D eigenvalue weighted by molar-refractivity contribution is -0.120. The molecule has 1 saturated heterocycles. The molecule has 0 radical (unpaired) electrons. The first-order chi connectivity index (χ1) is 4.74. The number of hydrogen-bond donors (Lipinski definition) is 0. The SMILES string of the molecule is CC1CC(C(=O)CBr)CO1. The van der Waals surface area contributed by atoms with Crippen LogP contribution in [0.1, 0.15) is 13.3 Å². The van der Waals surface area contributed by atoms with Crippen molar-refractivity contribution >= 4 is 21.7 Å². The van der Waals surface area contributed by atoms with Crippen LogP contribution in [0.5, 0.6) is 0 Å². The molecule has 3 heteroatoms. The van der Waals surface area contributed by atoms with E-state index >= 15 is 0 Å². The molecular formula is C7H11BrO2. The average molecular weight is 207 g/mol. The lowest BCUT2D eigenvalue weighted by atomic mass is 10.0. The average Bonchev–Trinajstić information content (AvgIpc) is 2.34. The fourth-order valence-corrected chi connectivity index (χ4v) is 1.61. The van der Waals surface area contributed by atoms with Gasteiger partial charge in [-0.25, -0.2) is 0 Å². The van der Waals surface area contributed by atoms with E-state index < -0.39 is 0 Å². The molecule has 2 atom stereocenters. The van der Waals surface area contributed by atoms with E-state index in [-0.39, 0.29) is 17.8 Å². The fourth-order valence-electron chi connectivity index (χ4n) is 1.15. The Balaban J connectivity index is 2.37. The van der Waals surface area contributed by atoms with E-state index in [1.165, 1.54) is 0 Å². The van der Waals surface area contributed by atoms with Crippen molar-refractivity contribution < 1.29 is 9.53 Å². The molecule has 2 nitrogen and oxygen atoms in total. The predicted molar refractivity (Wildman–Crippen MR) is 42.3 cm³/mol. The van der Waals surface area contributed by atoms with Gasteiger partial charge in [0.15, 0.2) is 0 Å². The van der Waals surface area contributed by atoms with Crippen LogP contribution in [-0.4, -0.2) is 23.8 Å². The summed E-state index contributed by atoms with van der Waals surface area (Å²) in [4.78, 5) is 11.0. The van der Waals surface area contributed by atoms with Crippen molar-refractivity contribution in [2.75, 3.05) is 11.9 Å². The zero-order chi connectivity index (χ0) is 7.56. The first-order valence-corrected chi connectivity index (χ1v) is 4.56. The standard InChI is InChI=1S/C7H11BrO2/c1-5-2-6(4-10-5)7(9)3-8/h5-6H,2-4H2,1H3. The summed E-state index contributed by atoms with van der Waals surface area (Å²) in [6, 6.07) is 0. The minimum absolute atomic E-state index is 0.148. The molecular weight excluding hydrogens is 196 g/mol. The van der Waals surface area contributed by atoms with Gasteiger partial charge in [0.1, 0.15) is 5.78 Å². The Bertz CT molecular complexity index is 136. The smallest absolute Gasteiger partial charge is 0.148 e. The lowest BCUT2D eigenvalue weighted by Gasteiger charge is -2.00. The molecule has 10 heavy (non-hydrogen) atoms. The second kappa shape index (κ2) is 3.49. The number of hydrogen-bond acceptors (Lipinski definition) is 2. The summed E-state index contributed by atoms with van der Waals surface area (Å²) in [5, 5.41) is 0.466. The zero-order valence-corrected chi connectivity index (χ0v) is 7.56. The normalized spacial score (nSPS) is 32.6. The van der Waals surface area contributed by atoms with Gasteiger partial charge in [0.25, 0.3) is 0 Å². The van der Waals surface area contributed by atoms with Crippen LogP contribution in [0.2, 0.25) is 0 Å². The largest absolute Gasteiger partial charge is 0.378 e. The van der Waals surface area contributed by atoms with Gasteiger partial charge in [-0.15, -0.1) is 0 Å². The quantitative estimate of drug-likeness (QED) is 0.639. The Morgan fingerprint density at radius 3 is 2.90 bits per heavy atom. The number of ketones is 1. The summed E-state index contributed by atoms with van der Waals surface area (Å²) >= 11 is 3.14. The zero-order valence-electron chi connectivity index (χ0n) is 5.97. The van der Waals surface area contributed by atoms with E-state index in [1.54, 1.807) is 0 Å². The van der Waals surface area contributed by atoms with E-state index in [9.17, 15) is 4.79 Å². The Morgan fingerprint density at radius 2 is 2.50 bits per heavy atom. The molecule has 0 aliphatic carbocycles. The summed E-state index contributed by atoms with van der Waals surface area (Å²) in [5.74, 6) is 0.415. The number of ether oxygens (including phenoxy) is 1. The van der Waals surface area contributed by atoms with Crippen molar-refractivity contribution in [3.63, 3.8) is 0 Å². The van der Waals surface area contributed by atoms with E-state index in [0.717, 1.165) is 6.42 Å². The first kappa shape index (κ1) is 8.21. The molecule has 0 amide bonds. The van der Waals surface area contributed by atoms with Gasteiger partial charge in [-0.2, -0.15) is 0 Å². The minimum atomic E-state index is 0.148. The highest BCUT2D eigenvalue weighted by Crippen LogP contribution is 2.20. The van der Waals surface area contributed by atoms with Gasteiger partial charge in [0.05, 0.1) is 18.0 Å². The Hall–Kier alpha value is 0.110. The van der Waals surface area contributed by atoms with E-state index in [4.69, 9.17) is 4.74 Å².